The van der Waals surface area contributed by atoms with Crippen molar-refractivity contribution in [3.63, 3.8) is 0 Å². The second-order valence-electron chi connectivity index (χ2n) is 7.97. The van der Waals surface area contributed by atoms with Crippen LogP contribution in [0.4, 0.5) is 26.3 Å². The maximum Gasteiger partial charge on any atom is 0.416 e. The maximum absolute atomic E-state index is 13.2. The van der Waals surface area contributed by atoms with Gasteiger partial charge in [-0.25, -0.2) is 2.90 Å². The Balaban J connectivity index is 1.52. The van der Waals surface area contributed by atoms with E-state index in [1.54, 1.807) is 7.80 Å². The number of nitrogens with one attached hydrogen (secondary N) is 1. The van der Waals surface area contributed by atoms with Crippen molar-refractivity contribution in [2.75, 3.05) is 19.6 Å². The first kappa shape index (κ1) is 23.3. The first-order valence-electron chi connectivity index (χ1n) is 10.0. The number of rotatable bonds is 2. The van der Waals surface area contributed by atoms with Crippen molar-refractivity contribution in [3.05, 3.63) is 51.8 Å². The first-order chi connectivity index (χ1) is 14.9. The quantitative estimate of drug-likeness (QED) is 0.417. The van der Waals surface area contributed by atoms with Gasteiger partial charge in [-0.05, 0) is 55.5 Å². The third-order valence-corrected chi connectivity index (χ3v) is 6.75. The molecule has 0 atom stereocenters. The van der Waals surface area contributed by atoms with E-state index < -0.39 is 29.4 Å². The Morgan fingerprint density at radius 2 is 1.62 bits per heavy atom. The zero-order valence-electron chi connectivity index (χ0n) is 16.7. The van der Waals surface area contributed by atoms with Gasteiger partial charge in [0, 0.05) is 25.2 Å². The fourth-order valence-corrected chi connectivity index (χ4v) is 4.94. The summed E-state index contributed by atoms with van der Waals surface area (Å²) in [4.78, 5) is 14.6. The predicted octanol–water partition coefficient (Wildman–Crippen LogP) is 4.78. The van der Waals surface area contributed by atoms with Gasteiger partial charge in [-0.1, -0.05) is 0 Å². The number of hydrogen-bond donors (Lipinski definition) is 1. The highest BCUT2D eigenvalue weighted by atomic mass is 127. The second-order valence-corrected chi connectivity index (χ2v) is 8.88. The standard InChI is InChI=1S/C20H19F6IN4O/c21-19(22,23)13-7-12(8-14(9-13)20(24,25)26)11-2-5-30(6-3-11)18(32)17-15-1-4-28-10-16(15)31(27)29-17/h7-9,11,28H,1-6,10H2. The monoisotopic (exact) mass is 572 g/mol. The molecule has 5 nitrogen and oxygen atoms in total. The summed E-state index contributed by atoms with van der Waals surface area (Å²) in [6.07, 6.45) is -8.53. The molecule has 2 aromatic rings. The normalized spacial score (nSPS) is 18.0. The number of alkyl halides is 6. The minimum Gasteiger partial charge on any atom is -0.337 e. The molecule has 32 heavy (non-hydrogen) atoms. The molecule has 0 spiro atoms. The number of aromatic nitrogens is 2. The molecule has 174 valence electrons. The number of amides is 1. The van der Waals surface area contributed by atoms with Crippen molar-refractivity contribution < 1.29 is 31.1 Å². The number of halogens is 7. The summed E-state index contributed by atoms with van der Waals surface area (Å²) >= 11 is 2.01. The average molecular weight is 572 g/mol. The Morgan fingerprint density at radius 3 is 2.19 bits per heavy atom. The van der Waals surface area contributed by atoms with Gasteiger partial charge in [-0.3, -0.25) is 4.79 Å². The highest BCUT2D eigenvalue weighted by molar-refractivity contribution is 14.1. The molecule has 0 saturated carbocycles. The number of likely N-dealkylation sites (tertiary alicyclic amines) is 1. The summed E-state index contributed by atoms with van der Waals surface area (Å²) in [6, 6.07) is 1.72. The number of carbonyl (C=O) groups is 1. The van der Waals surface area contributed by atoms with Crippen LogP contribution in [0.5, 0.6) is 0 Å². The van der Waals surface area contributed by atoms with Crippen LogP contribution in [-0.4, -0.2) is 38.4 Å². The van der Waals surface area contributed by atoms with Crippen LogP contribution in [0, 0.1) is 0 Å². The summed E-state index contributed by atoms with van der Waals surface area (Å²) in [5.41, 5.74) is -0.439. The van der Waals surface area contributed by atoms with E-state index in [-0.39, 0.29) is 43.5 Å². The third kappa shape index (κ3) is 4.61. The van der Waals surface area contributed by atoms with E-state index in [0.29, 0.717) is 18.7 Å². The van der Waals surface area contributed by atoms with Gasteiger partial charge >= 0.3 is 12.4 Å². The fourth-order valence-electron chi connectivity index (χ4n) is 4.26. The lowest BCUT2D eigenvalue weighted by Crippen LogP contribution is -2.39. The lowest BCUT2D eigenvalue weighted by molar-refractivity contribution is -0.143. The Hall–Kier alpha value is -1.83. The topological polar surface area (TPSA) is 50.2 Å². The molecule has 2 aliphatic heterocycles. The van der Waals surface area contributed by atoms with E-state index in [2.05, 4.69) is 10.4 Å². The summed E-state index contributed by atoms with van der Waals surface area (Å²) in [5, 5.41) is 7.56. The lowest BCUT2D eigenvalue weighted by atomic mass is 9.87. The summed E-state index contributed by atoms with van der Waals surface area (Å²) in [6.45, 7) is 1.82. The smallest absolute Gasteiger partial charge is 0.337 e. The van der Waals surface area contributed by atoms with Gasteiger partial charge < -0.3 is 10.2 Å². The fraction of sp³-hybridized carbons (Fsp3) is 0.500. The molecule has 1 aromatic carbocycles. The molecule has 0 bridgehead atoms. The number of nitrogens with zero attached hydrogens (tertiary/aromatic N) is 3. The molecular formula is C20H19F6IN4O. The highest BCUT2D eigenvalue weighted by Crippen LogP contribution is 2.39. The van der Waals surface area contributed by atoms with E-state index in [1.807, 2.05) is 22.9 Å². The van der Waals surface area contributed by atoms with Crippen LogP contribution < -0.4 is 5.32 Å². The van der Waals surface area contributed by atoms with Gasteiger partial charge in [0.05, 0.1) is 39.7 Å². The van der Waals surface area contributed by atoms with Crippen molar-refractivity contribution >= 4 is 28.8 Å². The van der Waals surface area contributed by atoms with Gasteiger partial charge in [0.1, 0.15) is 0 Å². The van der Waals surface area contributed by atoms with Crippen molar-refractivity contribution in [1.82, 2.24) is 18.2 Å². The van der Waals surface area contributed by atoms with E-state index in [9.17, 15) is 31.1 Å². The molecule has 3 heterocycles. The van der Waals surface area contributed by atoms with Gasteiger partial charge in [0.15, 0.2) is 5.69 Å². The van der Waals surface area contributed by atoms with Gasteiger partial charge in [-0.2, -0.15) is 31.4 Å². The van der Waals surface area contributed by atoms with Crippen LogP contribution in [0.1, 0.15) is 57.2 Å². The van der Waals surface area contributed by atoms with E-state index in [1.165, 1.54) is 0 Å². The molecule has 2 aliphatic rings. The third-order valence-electron chi connectivity index (χ3n) is 5.96. The first-order valence-corrected chi connectivity index (χ1v) is 11.0. The van der Waals surface area contributed by atoms with Crippen LogP contribution in [0.15, 0.2) is 18.2 Å². The Bertz CT molecular complexity index is 992. The van der Waals surface area contributed by atoms with Crippen LogP contribution >= 0.6 is 22.9 Å². The Kier molecular flexibility index (Phi) is 6.20. The predicted molar refractivity (Wildman–Crippen MR) is 111 cm³/mol. The average Bonchev–Trinajstić information content (AvgIpc) is 3.08. The molecule has 1 amide bonds. The van der Waals surface area contributed by atoms with Crippen molar-refractivity contribution in [1.29, 1.82) is 0 Å². The number of fused-ring (bicyclic) bond motifs is 1. The highest BCUT2D eigenvalue weighted by Gasteiger charge is 2.38. The second kappa shape index (κ2) is 8.50. The lowest BCUT2D eigenvalue weighted by Gasteiger charge is -2.32. The van der Waals surface area contributed by atoms with Crippen LogP contribution in [0.2, 0.25) is 0 Å². The van der Waals surface area contributed by atoms with E-state index >= 15 is 0 Å². The molecule has 1 aromatic heterocycles. The number of benzene rings is 1. The van der Waals surface area contributed by atoms with Gasteiger partial charge in [0.25, 0.3) is 5.91 Å². The molecule has 1 fully saturated rings. The molecule has 0 unspecified atom stereocenters. The molecule has 1 saturated heterocycles. The zero-order valence-corrected chi connectivity index (χ0v) is 18.8. The van der Waals surface area contributed by atoms with E-state index in [0.717, 1.165) is 29.9 Å². The molecule has 4 rings (SSSR count). The minimum absolute atomic E-state index is 0.000701. The van der Waals surface area contributed by atoms with Crippen molar-refractivity contribution in [2.24, 2.45) is 0 Å². The molecule has 12 heteroatoms. The van der Waals surface area contributed by atoms with Crippen molar-refractivity contribution in [3.8, 4) is 0 Å². The Morgan fingerprint density at radius 1 is 1.03 bits per heavy atom. The number of piperidine rings is 1. The molecule has 0 radical (unpaired) electrons. The SMILES string of the molecule is O=C(c1nn(I)c2c1CCNC2)N1CCC(c2cc(C(F)(F)F)cc(C(F)(F)F)c2)CC1. The van der Waals surface area contributed by atoms with E-state index in [4.69, 9.17) is 0 Å². The zero-order chi connectivity index (χ0) is 23.3. The summed E-state index contributed by atoms with van der Waals surface area (Å²) in [5.74, 6) is -0.750. The summed E-state index contributed by atoms with van der Waals surface area (Å²) < 4.78 is 80.6. The Labute approximate surface area is 193 Å². The largest absolute Gasteiger partial charge is 0.416 e. The number of hydrogen-bond acceptors (Lipinski definition) is 3. The number of carbonyl (C=O) groups excluding carboxylic acids is 1. The maximum atomic E-state index is 13.2. The molecule has 1 N–H and O–H groups in total. The van der Waals surface area contributed by atoms with Gasteiger partial charge in [-0.15, -0.1) is 0 Å². The van der Waals surface area contributed by atoms with Crippen LogP contribution in [0.25, 0.3) is 0 Å². The molecular weight excluding hydrogens is 553 g/mol. The molecule has 0 aliphatic carbocycles. The summed E-state index contributed by atoms with van der Waals surface area (Å²) in [7, 11) is 0. The van der Waals surface area contributed by atoms with Gasteiger partial charge in [0.2, 0.25) is 0 Å². The van der Waals surface area contributed by atoms with Crippen LogP contribution in [-0.2, 0) is 25.3 Å². The van der Waals surface area contributed by atoms with Crippen molar-refractivity contribution in [2.45, 2.75) is 44.1 Å². The van der Waals surface area contributed by atoms with Crippen LogP contribution in [0.3, 0.4) is 0 Å². The minimum atomic E-state index is -4.88.